The lowest BCUT2D eigenvalue weighted by Gasteiger charge is -2.06. The number of nitrogens with zero attached hydrogens (tertiary/aromatic N) is 2. The number of phenolic OH excluding ortho intramolecular Hbond substituents is 1. The molecule has 7 nitrogen and oxygen atoms in total. The molecule has 0 aromatic heterocycles. The van der Waals surface area contributed by atoms with E-state index in [1.165, 1.54) is 6.08 Å². The molecule has 0 aliphatic carbocycles. The molecular formula is C13H8N2O5S. The van der Waals surface area contributed by atoms with Crippen molar-refractivity contribution < 1.29 is 19.6 Å². The zero-order valence-electron chi connectivity index (χ0n) is 10.5. The van der Waals surface area contributed by atoms with E-state index in [0.717, 1.165) is 23.1 Å². The van der Waals surface area contributed by atoms with Crippen LogP contribution in [0, 0.1) is 22.5 Å². The van der Waals surface area contributed by atoms with Gasteiger partial charge in [0.1, 0.15) is 5.75 Å². The Hall–Kier alpha value is -2.79. The van der Waals surface area contributed by atoms with Gasteiger partial charge in [-0.25, -0.2) is 0 Å². The molecule has 0 radical (unpaired) electrons. The summed E-state index contributed by atoms with van der Waals surface area (Å²) in [7, 11) is 0. The molecule has 2 rings (SSSR count). The Kier molecular flexibility index (Phi) is 3.95. The standard InChI is InChI=1S/C13H8N2O5S/c1-2-5-14-12(17)11(21-13(14)18)7-8-6-9(15(19)20)3-4-10(8)16/h1,3-4,6-7,16H,5H2/b11-7+. The van der Waals surface area contributed by atoms with Gasteiger partial charge in [-0.05, 0) is 23.9 Å². The van der Waals surface area contributed by atoms with Crippen LogP contribution in [0.3, 0.4) is 0 Å². The number of hydrogen-bond donors (Lipinski definition) is 1. The number of rotatable bonds is 3. The Labute approximate surface area is 123 Å². The highest BCUT2D eigenvalue weighted by Crippen LogP contribution is 2.34. The number of imide groups is 1. The van der Waals surface area contributed by atoms with Crippen LogP contribution >= 0.6 is 11.8 Å². The molecule has 21 heavy (non-hydrogen) atoms. The quantitative estimate of drug-likeness (QED) is 0.396. The van der Waals surface area contributed by atoms with Gasteiger partial charge in [-0.1, -0.05) is 5.92 Å². The van der Waals surface area contributed by atoms with Crippen molar-refractivity contribution in [3.63, 3.8) is 0 Å². The van der Waals surface area contributed by atoms with Crippen LogP contribution in [0.25, 0.3) is 6.08 Å². The molecule has 1 aliphatic rings. The van der Waals surface area contributed by atoms with E-state index in [0.29, 0.717) is 11.8 Å². The number of benzene rings is 1. The van der Waals surface area contributed by atoms with E-state index >= 15 is 0 Å². The minimum absolute atomic E-state index is 0.0473. The maximum absolute atomic E-state index is 11.9. The van der Waals surface area contributed by atoms with E-state index in [-0.39, 0.29) is 28.5 Å². The van der Waals surface area contributed by atoms with E-state index in [4.69, 9.17) is 6.42 Å². The molecular weight excluding hydrogens is 296 g/mol. The molecule has 1 heterocycles. The number of nitro benzene ring substituents is 1. The summed E-state index contributed by atoms with van der Waals surface area (Å²) in [4.78, 5) is 34.5. The van der Waals surface area contributed by atoms with Gasteiger partial charge < -0.3 is 5.11 Å². The fraction of sp³-hybridized carbons (Fsp3) is 0.0769. The number of carbonyl (C=O) groups is 2. The van der Waals surface area contributed by atoms with Gasteiger partial charge in [0, 0.05) is 17.7 Å². The molecule has 0 spiro atoms. The summed E-state index contributed by atoms with van der Waals surface area (Å²) in [6.45, 7) is -0.150. The topological polar surface area (TPSA) is 101 Å². The van der Waals surface area contributed by atoms with Crippen LogP contribution in [0.2, 0.25) is 0 Å². The van der Waals surface area contributed by atoms with Crippen molar-refractivity contribution in [1.29, 1.82) is 0 Å². The lowest BCUT2D eigenvalue weighted by molar-refractivity contribution is -0.384. The Bertz CT molecular complexity index is 720. The first-order chi connectivity index (χ1) is 9.93. The second-order valence-electron chi connectivity index (χ2n) is 3.97. The van der Waals surface area contributed by atoms with Gasteiger partial charge in [-0.3, -0.25) is 24.6 Å². The summed E-state index contributed by atoms with van der Waals surface area (Å²) in [5, 5.41) is 19.9. The largest absolute Gasteiger partial charge is 0.507 e. The summed E-state index contributed by atoms with van der Waals surface area (Å²) >= 11 is 0.662. The molecule has 1 aliphatic heterocycles. The van der Waals surface area contributed by atoms with Crippen LogP contribution in [0.4, 0.5) is 10.5 Å². The number of non-ortho nitro benzene ring substituents is 1. The molecule has 1 fully saturated rings. The second-order valence-corrected chi connectivity index (χ2v) is 4.97. The summed E-state index contributed by atoms with van der Waals surface area (Å²) < 4.78 is 0. The minimum Gasteiger partial charge on any atom is -0.507 e. The van der Waals surface area contributed by atoms with Crippen molar-refractivity contribution in [3.8, 4) is 18.1 Å². The van der Waals surface area contributed by atoms with Crippen LogP contribution < -0.4 is 0 Å². The number of hydrogen-bond acceptors (Lipinski definition) is 6. The Balaban J connectivity index is 2.39. The van der Waals surface area contributed by atoms with Crippen LogP contribution in [-0.4, -0.2) is 32.6 Å². The number of carbonyl (C=O) groups excluding carboxylic acids is 2. The van der Waals surface area contributed by atoms with Crippen molar-refractivity contribution in [2.45, 2.75) is 0 Å². The van der Waals surface area contributed by atoms with Crippen molar-refractivity contribution in [2.75, 3.05) is 6.54 Å². The van der Waals surface area contributed by atoms with Crippen LogP contribution in [0.15, 0.2) is 23.1 Å². The van der Waals surface area contributed by atoms with Gasteiger partial charge in [0.05, 0.1) is 16.4 Å². The lowest BCUT2D eigenvalue weighted by Crippen LogP contribution is -2.28. The van der Waals surface area contributed by atoms with E-state index < -0.39 is 16.1 Å². The summed E-state index contributed by atoms with van der Waals surface area (Å²) in [5.74, 6) is 1.37. The zero-order valence-corrected chi connectivity index (χ0v) is 11.3. The highest BCUT2D eigenvalue weighted by Gasteiger charge is 2.34. The van der Waals surface area contributed by atoms with Gasteiger partial charge in [0.2, 0.25) is 0 Å². The minimum atomic E-state index is -0.624. The Morgan fingerprint density at radius 2 is 2.19 bits per heavy atom. The third-order valence-corrected chi connectivity index (χ3v) is 3.54. The van der Waals surface area contributed by atoms with Crippen molar-refractivity contribution >= 4 is 34.7 Å². The third kappa shape index (κ3) is 2.88. The number of terminal acetylenes is 1. The number of thioether (sulfide) groups is 1. The van der Waals surface area contributed by atoms with E-state index in [1.807, 2.05) is 0 Å². The Morgan fingerprint density at radius 3 is 2.81 bits per heavy atom. The first-order valence-electron chi connectivity index (χ1n) is 5.60. The highest BCUT2D eigenvalue weighted by molar-refractivity contribution is 8.18. The van der Waals surface area contributed by atoms with Crippen molar-refractivity contribution in [3.05, 3.63) is 38.8 Å². The number of aromatic hydroxyl groups is 1. The third-order valence-electron chi connectivity index (χ3n) is 2.63. The van der Waals surface area contributed by atoms with E-state index in [9.17, 15) is 24.8 Å². The van der Waals surface area contributed by atoms with Crippen molar-refractivity contribution in [1.82, 2.24) is 4.90 Å². The lowest BCUT2D eigenvalue weighted by atomic mass is 10.1. The number of phenols is 1. The summed E-state index contributed by atoms with van der Waals surface area (Å²) in [6.07, 6.45) is 6.29. The molecule has 0 unspecified atom stereocenters. The SMILES string of the molecule is C#CCN1C(=O)S/C(=C/c2cc([N+](=O)[O-])ccc2O)C1=O. The van der Waals surface area contributed by atoms with Crippen LogP contribution in [0.5, 0.6) is 5.75 Å². The smallest absolute Gasteiger partial charge is 0.294 e. The van der Waals surface area contributed by atoms with Gasteiger partial charge in [-0.2, -0.15) is 0 Å². The fourth-order valence-electron chi connectivity index (χ4n) is 1.64. The average molecular weight is 304 g/mol. The number of nitro groups is 1. The zero-order chi connectivity index (χ0) is 15.6. The van der Waals surface area contributed by atoms with Gasteiger partial charge in [-0.15, -0.1) is 6.42 Å². The maximum Gasteiger partial charge on any atom is 0.294 e. The molecule has 2 amide bonds. The monoisotopic (exact) mass is 304 g/mol. The molecule has 0 saturated carbocycles. The predicted octanol–water partition coefficient (Wildman–Crippen LogP) is 1.97. The maximum atomic E-state index is 11.9. The van der Waals surface area contributed by atoms with Gasteiger partial charge >= 0.3 is 0 Å². The average Bonchev–Trinajstić information content (AvgIpc) is 2.69. The molecule has 106 valence electrons. The molecule has 8 heteroatoms. The van der Waals surface area contributed by atoms with Crippen LogP contribution in [-0.2, 0) is 4.79 Å². The normalized spacial score (nSPS) is 16.3. The molecule has 1 saturated heterocycles. The second kappa shape index (κ2) is 5.68. The van der Waals surface area contributed by atoms with E-state index in [2.05, 4.69) is 5.92 Å². The van der Waals surface area contributed by atoms with Crippen molar-refractivity contribution in [2.24, 2.45) is 0 Å². The van der Waals surface area contributed by atoms with Gasteiger partial charge in [0.25, 0.3) is 16.8 Å². The first kappa shape index (κ1) is 14.6. The van der Waals surface area contributed by atoms with Crippen LogP contribution in [0.1, 0.15) is 5.56 Å². The highest BCUT2D eigenvalue weighted by atomic mass is 32.2. The Morgan fingerprint density at radius 1 is 1.48 bits per heavy atom. The summed E-state index contributed by atoms with van der Waals surface area (Å²) in [5.41, 5.74) is -0.155. The fourth-order valence-corrected chi connectivity index (χ4v) is 2.47. The molecule has 1 N–H and O–H groups in total. The van der Waals surface area contributed by atoms with E-state index in [1.54, 1.807) is 0 Å². The summed E-state index contributed by atoms with van der Waals surface area (Å²) in [6, 6.07) is 3.40. The first-order valence-corrected chi connectivity index (χ1v) is 6.42. The number of amides is 2. The molecule has 1 aromatic rings. The molecule has 0 atom stereocenters. The molecule has 0 bridgehead atoms. The predicted molar refractivity (Wildman–Crippen MR) is 76.3 cm³/mol. The van der Waals surface area contributed by atoms with Gasteiger partial charge in [0.15, 0.2) is 0 Å². The molecule has 1 aromatic carbocycles.